The molecule has 2 rings (SSSR count). The Kier molecular flexibility index (Phi) is 6.08. The Bertz CT molecular complexity index is 809. The molecule has 0 radical (unpaired) electrons. The number of hydrogen-bond acceptors (Lipinski definition) is 5. The second kappa shape index (κ2) is 8.25. The Morgan fingerprint density at radius 2 is 1.84 bits per heavy atom. The van der Waals surface area contributed by atoms with Crippen molar-refractivity contribution >= 4 is 29.2 Å². The Balaban J connectivity index is 1.96. The normalized spacial score (nSPS) is 11.4. The summed E-state index contributed by atoms with van der Waals surface area (Å²) in [7, 11) is 0. The molecule has 0 aliphatic carbocycles. The van der Waals surface area contributed by atoms with E-state index in [9.17, 15) is 19.7 Å². The Hall–Kier alpha value is -2.93. The van der Waals surface area contributed by atoms with E-state index in [2.05, 4.69) is 5.32 Å². The number of carbonyl (C=O) groups excluding carboxylic acids is 2. The average Bonchev–Trinajstić information content (AvgIpc) is 2.59. The minimum Gasteiger partial charge on any atom is -0.459 e. The molecule has 8 heteroatoms. The summed E-state index contributed by atoms with van der Waals surface area (Å²) in [6, 6.07) is 11.4. The summed E-state index contributed by atoms with van der Waals surface area (Å²) in [4.78, 5) is 34.5. The van der Waals surface area contributed by atoms with Gasteiger partial charge in [0.05, 0.1) is 21.1 Å². The van der Waals surface area contributed by atoms with E-state index in [4.69, 9.17) is 16.3 Å². The number of nitrogens with zero attached hydrogens (tertiary/aromatic N) is 1. The predicted octanol–water partition coefficient (Wildman–Crippen LogP) is 3.11. The van der Waals surface area contributed by atoms with Crippen LogP contribution in [0, 0.1) is 10.1 Å². The van der Waals surface area contributed by atoms with Crippen molar-refractivity contribution in [2.24, 2.45) is 0 Å². The van der Waals surface area contributed by atoms with Crippen LogP contribution in [0.25, 0.3) is 0 Å². The summed E-state index contributed by atoms with van der Waals surface area (Å²) in [6.07, 6.45) is 0. The standard InChI is InChI=1S/C17H15ClN2O5/c1-11(19-16(21)13-7-3-4-8-14(13)18)17(22)25-10-12-6-2-5-9-15(12)20(23)24/h2-9,11H,10H2,1H3,(H,19,21). The topological polar surface area (TPSA) is 98.5 Å². The van der Waals surface area contributed by atoms with Crippen molar-refractivity contribution in [1.82, 2.24) is 5.32 Å². The number of nitro groups is 1. The van der Waals surface area contributed by atoms with Gasteiger partial charge in [0.25, 0.3) is 11.6 Å². The van der Waals surface area contributed by atoms with Crippen LogP contribution in [0.4, 0.5) is 5.69 Å². The van der Waals surface area contributed by atoms with Crippen molar-refractivity contribution in [3.63, 3.8) is 0 Å². The summed E-state index contributed by atoms with van der Waals surface area (Å²) >= 11 is 5.93. The molecule has 130 valence electrons. The predicted molar refractivity (Wildman–Crippen MR) is 91.3 cm³/mol. The lowest BCUT2D eigenvalue weighted by Gasteiger charge is -2.14. The van der Waals surface area contributed by atoms with Crippen LogP contribution < -0.4 is 5.32 Å². The number of para-hydroxylation sites is 1. The molecule has 2 aromatic carbocycles. The molecule has 0 aromatic heterocycles. The first-order valence-corrected chi connectivity index (χ1v) is 7.72. The van der Waals surface area contributed by atoms with Crippen LogP contribution in [0.15, 0.2) is 48.5 Å². The molecule has 7 nitrogen and oxygen atoms in total. The molecule has 1 amide bonds. The van der Waals surface area contributed by atoms with Crippen molar-refractivity contribution < 1.29 is 19.2 Å². The smallest absolute Gasteiger partial charge is 0.328 e. The summed E-state index contributed by atoms with van der Waals surface area (Å²) in [6.45, 7) is 1.19. The van der Waals surface area contributed by atoms with Gasteiger partial charge in [0.15, 0.2) is 0 Å². The highest BCUT2D eigenvalue weighted by Crippen LogP contribution is 2.19. The third kappa shape index (κ3) is 4.77. The van der Waals surface area contributed by atoms with E-state index in [-0.39, 0.29) is 28.4 Å². The second-order valence-corrected chi connectivity index (χ2v) is 5.58. The van der Waals surface area contributed by atoms with E-state index in [0.29, 0.717) is 0 Å². The number of carbonyl (C=O) groups is 2. The largest absolute Gasteiger partial charge is 0.459 e. The molecule has 0 bridgehead atoms. The number of hydrogen-bond donors (Lipinski definition) is 1. The number of ether oxygens (including phenoxy) is 1. The van der Waals surface area contributed by atoms with Crippen LogP contribution in [0.3, 0.4) is 0 Å². The van der Waals surface area contributed by atoms with Gasteiger partial charge in [0.1, 0.15) is 12.6 Å². The van der Waals surface area contributed by atoms with Gasteiger partial charge in [0.2, 0.25) is 0 Å². The Labute approximate surface area is 148 Å². The first kappa shape index (κ1) is 18.4. The first-order valence-electron chi connectivity index (χ1n) is 7.34. The third-order valence-electron chi connectivity index (χ3n) is 3.38. The van der Waals surface area contributed by atoms with Crippen LogP contribution >= 0.6 is 11.6 Å². The maximum absolute atomic E-state index is 12.1. The van der Waals surface area contributed by atoms with E-state index in [1.807, 2.05) is 0 Å². The van der Waals surface area contributed by atoms with Gasteiger partial charge < -0.3 is 10.1 Å². The first-order chi connectivity index (χ1) is 11.9. The molecule has 0 heterocycles. The zero-order chi connectivity index (χ0) is 18.4. The van der Waals surface area contributed by atoms with Gasteiger partial charge in [-0.05, 0) is 25.1 Å². The molecule has 0 aliphatic heterocycles. The Morgan fingerprint density at radius 1 is 1.20 bits per heavy atom. The SMILES string of the molecule is CC(NC(=O)c1ccccc1Cl)C(=O)OCc1ccccc1[N+](=O)[O-]. The number of esters is 1. The van der Waals surface area contributed by atoms with Crippen molar-refractivity contribution in [3.05, 3.63) is 74.8 Å². The van der Waals surface area contributed by atoms with Crippen molar-refractivity contribution in [2.75, 3.05) is 0 Å². The van der Waals surface area contributed by atoms with Crippen molar-refractivity contribution in [1.29, 1.82) is 0 Å². The van der Waals surface area contributed by atoms with Gasteiger partial charge in [-0.15, -0.1) is 0 Å². The maximum Gasteiger partial charge on any atom is 0.328 e. The number of amides is 1. The van der Waals surface area contributed by atoms with E-state index in [1.165, 1.54) is 31.2 Å². The fourth-order valence-corrected chi connectivity index (χ4v) is 2.29. The zero-order valence-electron chi connectivity index (χ0n) is 13.3. The minimum absolute atomic E-state index is 0.136. The lowest BCUT2D eigenvalue weighted by molar-refractivity contribution is -0.385. The minimum atomic E-state index is -0.938. The number of nitro benzene ring substituents is 1. The molecule has 1 N–H and O–H groups in total. The molecule has 0 saturated heterocycles. The van der Waals surface area contributed by atoms with Gasteiger partial charge >= 0.3 is 5.97 Å². The van der Waals surface area contributed by atoms with Crippen LogP contribution in [-0.4, -0.2) is 22.8 Å². The van der Waals surface area contributed by atoms with Gasteiger partial charge in [0, 0.05) is 6.07 Å². The summed E-state index contributed by atoms with van der Waals surface area (Å²) < 4.78 is 5.06. The molecule has 2 aromatic rings. The second-order valence-electron chi connectivity index (χ2n) is 5.17. The highest BCUT2D eigenvalue weighted by Gasteiger charge is 2.21. The van der Waals surface area contributed by atoms with Crippen LogP contribution in [0.1, 0.15) is 22.8 Å². The molecule has 0 fully saturated rings. The monoisotopic (exact) mass is 362 g/mol. The number of rotatable bonds is 6. The molecule has 1 unspecified atom stereocenters. The summed E-state index contributed by atoms with van der Waals surface area (Å²) in [5, 5.41) is 13.7. The zero-order valence-corrected chi connectivity index (χ0v) is 14.0. The average molecular weight is 363 g/mol. The molecular formula is C17H15ClN2O5. The highest BCUT2D eigenvalue weighted by molar-refractivity contribution is 6.33. The molecule has 1 atom stereocenters. The highest BCUT2D eigenvalue weighted by atomic mass is 35.5. The molecule has 25 heavy (non-hydrogen) atoms. The molecule has 0 saturated carbocycles. The van der Waals surface area contributed by atoms with E-state index in [0.717, 1.165) is 0 Å². The van der Waals surface area contributed by atoms with E-state index < -0.39 is 22.8 Å². The Morgan fingerprint density at radius 3 is 2.52 bits per heavy atom. The number of benzene rings is 2. The van der Waals surface area contributed by atoms with Crippen LogP contribution in [-0.2, 0) is 16.1 Å². The number of halogens is 1. The molecule has 0 aliphatic rings. The van der Waals surface area contributed by atoms with Gasteiger partial charge in [-0.25, -0.2) is 4.79 Å². The van der Waals surface area contributed by atoms with E-state index in [1.54, 1.807) is 24.3 Å². The third-order valence-corrected chi connectivity index (χ3v) is 3.71. The lowest BCUT2D eigenvalue weighted by Crippen LogP contribution is -2.39. The maximum atomic E-state index is 12.1. The van der Waals surface area contributed by atoms with Crippen molar-refractivity contribution in [3.8, 4) is 0 Å². The summed E-state index contributed by atoms with van der Waals surface area (Å²) in [5.41, 5.74) is 0.371. The fourth-order valence-electron chi connectivity index (χ4n) is 2.06. The van der Waals surface area contributed by atoms with Gasteiger partial charge in [-0.2, -0.15) is 0 Å². The molecular weight excluding hydrogens is 348 g/mol. The number of nitrogens with one attached hydrogen (secondary N) is 1. The molecule has 0 spiro atoms. The van der Waals surface area contributed by atoms with Crippen LogP contribution in [0.2, 0.25) is 5.02 Å². The van der Waals surface area contributed by atoms with E-state index >= 15 is 0 Å². The van der Waals surface area contributed by atoms with Gasteiger partial charge in [-0.3, -0.25) is 14.9 Å². The van der Waals surface area contributed by atoms with Crippen LogP contribution in [0.5, 0.6) is 0 Å². The quantitative estimate of drug-likeness (QED) is 0.483. The lowest BCUT2D eigenvalue weighted by atomic mass is 10.2. The van der Waals surface area contributed by atoms with Crippen molar-refractivity contribution in [2.45, 2.75) is 19.6 Å². The summed E-state index contributed by atoms with van der Waals surface area (Å²) in [5.74, 6) is -1.22. The van der Waals surface area contributed by atoms with Gasteiger partial charge in [-0.1, -0.05) is 35.9 Å². The fraction of sp³-hybridized carbons (Fsp3) is 0.176.